The number of likely N-dealkylation sites (tertiary alicyclic amines) is 1. The van der Waals surface area contributed by atoms with Gasteiger partial charge in [0.05, 0.1) is 30.2 Å². The molecule has 0 aromatic heterocycles. The highest BCUT2D eigenvalue weighted by molar-refractivity contribution is 5.93. The van der Waals surface area contributed by atoms with Crippen molar-refractivity contribution in [2.24, 2.45) is 0 Å². The third-order valence-corrected chi connectivity index (χ3v) is 4.97. The summed E-state index contributed by atoms with van der Waals surface area (Å²) >= 11 is 0. The zero-order valence-electron chi connectivity index (χ0n) is 16.2. The highest BCUT2D eigenvalue weighted by Gasteiger charge is 2.32. The van der Waals surface area contributed by atoms with Gasteiger partial charge in [0.15, 0.2) is 0 Å². The molecule has 1 aromatic rings. The quantitative estimate of drug-likeness (QED) is 0.777. The fourth-order valence-electron chi connectivity index (χ4n) is 3.55. The summed E-state index contributed by atoms with van der Waals surface area (Å²) < 4.78 is 44.8. The average molecular weight is 414 g/mol. The molecule has 0 unspecified atom stereocenters. The van der Waals surface area contributed by atoms with E-state index in [0.717, 1.165) is 18.6 Å². The molecule has 160 valence electrons. The van der Waals surface area contributed by atoms with Gasteiger partial charge in [0, 0.05) is 38.6 Å². The second kappa shape index (κ2) is 8.89. The average Bonchev–Trinajstić information content (AvgIpc) is 3.06. The van der Waals surface area contributed by atoms with Crippen LogP contribution in [0.25, 0.3) is 0 Å². The number of ether oxygens (including phenoxy) is 1. The highest BCUT2D eigenvalue weighted by atomic mass is 19.4. The summed E-state index contributed by atoms with van der Waals surface area (Å²) in [5.74, 6) is 0.0477. The van der Waals surface area contributed by atoms with Crippen LogP contribution < -0.4 is 15.5 Å². The van der Waals surface area contributed by atoms with Gasteiger partial charge in [-0.3, -0.25) is 4.79 Å². The summed E-state index contributed by atoms with van der Waals surface area (Å²) in [6.07, 6.45) is -3.21. The maximum absolute atomic E-state index is 13.2. The Morgan fingerprint density at radius 2 is 1.97 bits per heavy atom. The van der Waals surface area contributed by atoms with Crippen LogP contribution in [-0.4, -0.2) is 62.3 Å². The summed E-state index contributed by atoms with van der Waals surface area (Å²) in [6, 6.07) is 2.37. The van der Waals surface area contributed by atoms with Crippen molar-refractivity contribution in [3.63, 3.8) is 0 Å². The lowest BCUT2D eigenvalue weighted by molar-refractivity contribution is -0.137. The molecule has 1 aromatic carbocycles. The van der Waals surface area contributed by atoms with Crippen LogP contribution in [0.15, 0.2) is 18.2 Å². The molecule has 29 heavy (non-hydrogen) atoms. The molecular weight excluding hydrogens is 389 g/mol. The number of rotatable bonds is 5. The fraction of sp³-hybridized carbons (Fsp3) is 0.579. The predicted octanol–water partition coefficient (Wildman–Crippen LogP) is 2.67. The van der Waals surface area contributed by atoms with Crippen LogP contribution in [0.5, 0.6) is 0 Å². The Bertz CT molecular complexity index is 751. The molecule has 10 heteroatoms. The molecule has 0 aliphatic carbocycles. The number of carbonyl (C=O) groups is 2. The van der Waals surface area contributed by atoms with E-state index >= 15 is 0 Å². The molecule has 2 saturated heterocycles. The molecule has 2 aliphatic heterocycles. The van der Waals surface area contributed by atoms with E-state index in [1.54, 1.807) is 11.8 Å². The van der Waals surface area contributed by atoms with Crippen molar-refractivity contribution in [3.8, 4) is 0 Å². The van der Waals surface area contributed by atoms with Gasteiger partial charge in [-0.1, -0.05) is 0 Å². The first kappa shape index (κ1) is 21.2. The molecule has 0 spiro atoms. The third kappa shape index (κ3) is 5.53. The smallest absolute Gasteiger partial charge is 0.378 e. The topological polar surface area (TPSA) is 73.9 Å². The summed E-state index contributed by atoms with van der Waals surface area (Å²) in [5.41, 5.74) is -0.233. The van der Waals surface area contributed by atoms with Crippen molar-refractivity contribution in [1.82, 2.24) is 10.2 Å². The molecule has 0 saturated carbocycles. The molecular formula is C19H25F3N4O3. The molecule has 2 fully saturated rings. The minimum Gasteiger partial charge on any atom is -0.378 e. The lowest BCUT2D eigenvalue weighted by atomic mass is 10.1. The number of carbonyl (C=O) groups excluding carboxylic acids is 2. The minimum atomic E-state index is -4.51. The molecule has 7 nitrogen and oxygen atoms in total. The first-order valence-corrected chi connectivity index (χ1v) is 9.63. The number of nitrogens with zero attached hydrogens (tertiary/aromatic N) is 2. The monoisotopic (exact) mass is 414 g/mol. The largest absolute Gasteiger partial charge is 0.416 e. The van der Waals surface area contributed by atoms with Gasteiger partial charge in [-0.05, 0) is 31.5 Å². The van der Waals surface area contributed by atoms with Gasteiger partial charge in [-0.25, -0.2) is 4.79 Å². The molecule has 1 atom stereocenters. The van der Waals surface area contributed by atoms with Gasteiger partial charge in [-0.15, -0.1) is 0 Å². The van der Waals surface area contributed by atoms with Crippen LogP contribution >= 0.6 is 0 Å². The zero-order chi connectivity index (χ0) is 21.0. The van der Waals surface area contributed by atoms with Crippen molar-refractivity contribution >= 4 is 23.3 Å². The number of anilines is 2. The van der Waals surface area contributed by atoms with E-state index in [1.807, 2.05) is 4.90 Å². The number of halogens is 3. The Morgan fingerprint density at radius 3 is 2.59 bits per heavy atom. The van der Waals surface area contributed by atoms with Crippen molar-refractivity contribution in [3.05, 3.63) is 23.8 Å². The maximum Gasteiger partial charge on any atom is 0.416 e. The maximum atomic E-state index is 13.2. The number of hydrogen-bond acceptors (Lipinski definition) is 4. The number of urea groups is 1. The summed E-state index contributed by atoms with van der Waals surface area (Å²) in [5, 5.41) is 5.25. The van der Waals surface area contributed by atoms with E-state index in [0.29, 0.717) is 51.5 Å². The Hall–Kier alpha value is -2.49. The number of alkyl halides is 3. The molecule has 0 bridgehead atoms. The van der Waals surface area contributed by atoms with Crippen LogP contribution in [0.1, 0.15) is 25.3 Å². The summed E-state index contributed by atoms with van der Waals surface area (Å²) in [6.45, 7) is 4.75. The number of nitrogens with one attached hydrogen (secondary N) is 2. The van der Waals surface area contributed by atoms with Gasteiger partial charge >= 0.3 is 12.2 Å². The van der Waals surface area contributed by atoms with Crippen LogP contribution in [0, 0.1) is 0 Å². The van der Waals surface area contributed by atoms with Crippen LogP contribution in [0.3, 0.4) is 0 Å². The molecule has 3 amide bonds. The van der Waals surface area contributed by atoms with Crippen LogP contribution in [0.2, 0.25) is 0 Å². The molecule has 0 radical (unpaired) electrons. The van der Waals surface area contributed by atoms with Crippen molar-refractivity contribution in [2.45, 2.75) is 32.0 Å². The number of hydrogen-bond donors (Lipinski definition) is 2. The van der Waals surface area contributed by atoms with Gasteiger partial charge in [0.2, 0.25) is 5.91 Å². The second-order valence-corrected chi connectivity index (χ2v) is 7.27. The van der Waals surface area contributed by atoms with E-state index in [-0.39, 0.29) is 17.6 Å². The van der Waals surface area contributed by atoms with E-state index < -0.39 is 17.8 Å². The number of amides is 3. The molecule has 2 aliphatic rings. The second-order valence-electron chi connectivity index (χ2n) is 7.27. The van der Waals surface area contributed by atoms with E-state index in [2.05, 4.69) is 10.6 Å². The van der Waals surface area contributed by atoms with Gasteiger partial charge < -0.3 is 25.2 Å². The number of benzene rings is 1. The van der Waals surface area contributed by atoms with Crippen molar-refractivity contribution in [1.29, 1.82) is 0 Å². The van der Waals surface area contributed by atoms with E-state index in [4.69, 9.17) is 4.74 Å². The highest BCUT2D eigenvalue weighted by Crippen LogP contribution is 2.35. The van der Waals surface area contributed by atoms with Gasteiger partial charge in [0.1, 0.15) is 0 Å². The molecule has 2 N–H and O–H groups in total. The van der Waals surface area contributed by atoms with Gasteiger partial charge in [-0.2, -0.15) is 13.2 Å². The lowest BCUT2D eigenvalue weighted by Crippen LogP contribution is -2.44. The lowest BCUT2D eigenvalue weighted by Gasteiger charge is -2.31. The predicted molar refractivity (Wildman–Crippen MR) is 102 cm³/mol. The SMILES string of the molecule is C[C@@H](CN1CCCC1=O)NC(=O)Nc1cc(C(F)(F)F)ccc1N1CCOCC1. The normalized spacial score (nSPS) is 18.7. The minimum absolute atomic E-state index is 0.0477. The Labute approximate surface area is 167 Å². The van der Waals surface area contributed by atoms with E-state index in [1.165, 1.54) is 6.07 Å². The van der Waals surface area contributed by atoms with Gasteiger partial charge in [0.25, 0.3) is 0 Å². The fourth-order valence-corrected chi connectivity index (χ4v) is 3.55. The first-order chi connectivity index (χ1) is 13.7. The Morgan fingerprint density at radius 1 is 1.24 bits per heavy atom. The summed E-state index contributed by atoms with van der Waals surface area (Å²) in [7, 11) is 0. The summed E-state index contributed by atoms with van der Waals surface area (Å²) in [4.78, 5) is 27.7. The first-order valence-electron chi connectivity index (χ1n) is 9.63. The van der Waals surface area contributed by atoms with Crippen LogP contribution in [0.4, 0.5) is 29.3 Å². The van der Waals surface area contributed by atoms with E-state index in [9.17, 15) is 22.8 Å². The van der Waals surface area contributed by atoms with Crippen LogP contribution in [-0.2, 0) is 15.7 Å². The molecule has 2 heterocycles. The zero-order valence-corrected chi connectivity index (χ0v) is 16.2. The van der Waals surface area contributed by atoms with Crippen molar-refractivity contribution < 1.29 is 27.5 Å². The Kier molecular flexibility index (Phi) is 6.51. The standard InChI is InChI=1S/C19H25F3N4O3/c1-13(12-26-6-2-3-17(26)27)23-18(28)24-15-11-14(19(20,21)22)4-5-16(15)25-7-9-29-10-8-25/h4-5,11,13H,2-3,6-10,12H2,1H3,(H2,23,24,28)/t13-/m0/s1. The third-order valence-electron chi connectivity index (χ3n) is 4.97. The molecule has 3 rings (SSSR count). The Balaban J connectivity index is 1.71. The van der Waals surface area contributed by atoms with Crippen molar-refractivity contribution in [2.75, 3.05) is 49.6 Å². The number of morpholine rings is 1.